The van der Waals surface area contributed by atoms with Crippen LogP contribution in [0.3, 0.4) is 0 Å². The van der Waals surface area contributed by atoms with Crippen molar-refractivity contribution in [3.63, 3.8) is 0 Å². The van der Waals surface area contributed by atoms with Gasteiger partial charge in [0.15, 0.2) is 12.6 Å². The van der Waals surface area contributed by atoms with Gasteiger partial charge in [-0.3, -0.25) is 0 Å². The van der Waals surface area contributed by atoms with Gasteiger partial charge in [-0.25, -0.2) is 0 Å². The van der Waals surface area contributed by atoms with Crippen molar-refractivity contribution in [2.24, 2.45) is 0 Å². The van der Waals surface area contributed by atoms with E-state index in [4.69, 9.17) is 28.4 Å². The first-order valence-electron chi connectivity index (χ1n) is 14.0. The number of ether oxygens (including phenoxy) is 6. The Morgan fingerprint density at radius 3 is 1.58 bits per heavy atom. The summed E-state index contributed by atoms with van der Waals surface area (Å²) in [5.74, 6) is -2.64. The van der Waals surface area contributed by atoms with Crippen LogP contribution < -0.4 is 0 Å². The molecule has 0 radical (unpaired) electrons. The number of hydrogen-bond donors (Lipinski definition) is 15. The maximum absolute atomic E-state index is 10.8. The van der Waals surface area contributed by atoms with Crippen molar-refractivity contribution in [3.05, 3.63) is 0 Å². The molecule has 266 valence electrons. The third-order valence-corrected chi connectivity index (χ3v) is 7.91. The largest absolute Gasteiger partial charge is 0.394 e. The van der Waals surface area contributed by atoms with E-state index in [1.165, 1.54) is 0 Å². The van der Waals surface area contributed by atoms with Gasteiger partial charge in [0.25, 0.3) is 0 Å². The zero-order valence-corrected chi connectivity index (χ0v) is 23.7. The van der Waals surface area contributed by atoms with Gasteiger partial charge in [0, 0.05) is 0 Å². The highest BCUT2D eigenvalue weighted by Gasteiger charge is 2.58. The number of rotatable bonds is 15. The molecule has 0 bridgehead atoms. The van der Waals surface area contributed by atoms with Crippen LogP contribution in [0.25, 0.3) is 0 Å². The first kappa shape index (κ1) is 38.6. The molecule has 18 atom stereocenters. The summed E-state index contributed by atoms with van der Waals surface area (Å²) in [4.78, 5) is 0. The van der Waals surface area contributed by atoms with Gasteiger partial charge in [-0.1, -0.05) is 0 Å². The van der Waals surface area contributed by atoms with Gasteiger partial charge in [-0.05, 0) is 0 Å². The highest BCUT2D eigenvalue weighted by molar-refractivity contribution is 4.99. The van der Waals surface area contributed by atoms with Crippen LogP contribution in [0.5, 0.6) is 0 Å². The van der Waals surface area contributed by atoms with Crippen LogP contribution in [0, 0.1) is 0 Å². The van der Waals surface area contributed by atoms with Gasteiger partial charge in [0.2, 0.25) is 5.79 Å². The maximum atomic E-state index is 10.8. The summed E-state index contributed by atoms with van der Waals surface area (Å²) in [6.45, 7) is -5.52. The molecule has 0 amide bonds. The lowest BCUT2D eigenvalue weighted by molar-refractivity contribution is -0.333. The summed E-state index contributed by atoms with van der Waals surface area (Å²) in [6.07, 6.45) is -30.7. The highest BCUT2D eigenvalue weighted by Crippen LogP contribution is 2.36. The Balaban J connectivity index is 1.68. The highest BCUT2D eigenvalue weighted by atomic mass is 16.8. The summed E-state index contributed by atoms with van der Waals surface area (Å²) >= 11 is 0. The van der Waals surface area contributed by atoms with E-state index in [0.717, 1.165) is 0 Å². The van der Waals surface area contributed by atoms with Crippen molar-refractivity contribution in [1.82, 2.24) is 0 Å². The fourth-order valence-corrected chi connectivity index (χ4v) is 5.08. The van der Waals surface area contributed by atoms with Crippen molar-refractivity contribution < 1.29 is 105 Å². The van der Waals surface area contributed by atoms with Gasteiger partial charge in [0.1, 0.15) is 98.2 Å². The summed E-state index contributed by atoms with van der Waals surface area (Å²) in [6, 6.07) is 0. The number of hydrogen-bond acceptors (Lipinski definition) is 21. The van der Waals surface area contributed by atoms with Gasteiger partial charge in [0.05, 0.1) is 33.0 Å². The minimum atomic E-state index is -2.64. The Hall–Kier alpha value is -0.840. The first-order chi connectivity index (χ1) is 21.2. The second kappa shape index (κ2) is 16.5. The van der Waals surface area contributed by atoms with E-state index in [0.29, 0.717) is 0 Å². The molecule has 2 unspecified atom stereocenters. The van der Waals surface area contributed by atoms with Crippen LogP contribution in [0.4, 0.5) is 0 Å². The monoisotopic (exact) mass is 668 g/mol. The van der Waals surface area contributed by atoms with Crippen LogP contribution in [-0.2, 0) is 28.4 Å². The molecule has 3 heterocycles. The molecule has 0 aromatic carbocycles. The lowest BCUT2D eigenvalue weighted by Crippen LogP contribution is -2.60. The van der Waals surface area contributed by atoms with Crippen LogP contribution in [0.2, 0.25) is 0 Å². The lowest BCUT2D eigenvalue weighted by atomic mass is 9.99. The summed E-state index contributed by atoms with van der Waals surface area (Å²) in [5, 5.41) is 151. The summed E-state index contributed by atoms with van der Waals surface area (Å²) in [7, 11) is 0. The molecular formula is C24H44O21. The van der Waals surface area contributed by atoms with Crippen molar-refractivity contribution in [2.45, 2.75) is 110 Å². The Bertz CT molecular complexity index is 884. The Kier molecular flexibility index (Phi) is 14.2. The average molecular weight is 669 g/mol. The molecule has 0 saturated carbocycles. The van der Waals surface area contributed by atoms with Crippen molar-refractivity contribution in [2.75, 3.05) is 39.6 Å². The van der Waals surface area contributed by atoms with Crippen LogP contribution in [0.1, 0.15) is 0 Å². The predicted molar refractivity (Wildman–Crippen MR) is 136 cm³/mol. The van der Waals surface area contributed by atoms with E-state index >= 15 is 0 Å². The minimum Gasteiger partial charge on any atom is -0.394 e. The molecule has 0 aromatic heterocycles. The fraction of sp³-hybridized carbons (Fsp3) is 1.00. The molecule has 0 aromatic rings. The fourth-order valence-electron chi connectivity index (χ4n) is 5.08. The summed E-state index contributed by atoms with van der Waals surface area (Å²) in [5.41, 5.74) is 0. The molecule has 3 fully saturated rings. The van der Waals surface area contributed by atoms with Gasteiger partial charge < -0.3 is 105 Å². The van der Waals surface area contributed by atoms with Crippen molar-refractivity contribution in [3.8, 4) is 0 Å². The zero-order valence-electron chi connectivity index (χ0n) is 23.7. The first-order valence-corrected chi connectivity index (χ1v) is 14.0. The van der Waals surface area contributed by atoms with Crippen molar-refractivity contribution >= 4 is 0 Å². The van der Waals surface area contributed by atoms with E-state index in [1.807, 2.05) is 0 Å². The molecule has 3 aliphatic heterocycles. The number of aliphatic hydroxyl groups excluding tert-OH is 15. The molecule has 3 aliphatic rings. The average Bonchev–Trinajstić information content (AvgIpc) is 3.28. The van der Waals surface area contributed by atoms with Crippen LogP contribution in [0.15, 0.2) is 0 Å². The SMILES string of the molecule is OCC(O)[C@@H](OC1(CO)O[C@H](CO[C@H]2O[C@H](CO)[C@@H](O)[C@H](O)[C@H]2O)[C@@H](O)[C@@H]1O)[C@H](O)[C@H](O)CO[C@H]1O[C@H](CO)[C@@H](O)[C@H](O)[C@H]1O. The Morgan fingerprint density at radius 1 is 0.600 bits per heavy atom. The standard InChI is InChI=1S/C24H44O21/c25-1-7(29)20(12(31)8(30)4-40-22-18(37)16(35)13(32)9(2-26)42-22)45-24(6-28)21(39)15(34)11(44-24)5-41-23-19(38)17(36)14(33)10(3-27)43-23/h7-23,25-39H,1-6H2/t7?,8-,9-,10-,11-,12-,13-,14-,15-,16+,17+,18-,19-,20-,21+,22+,23+,24?/m1/s1. The van der Waals surface area contributed by atoms with Gasteiger partial charge in [-0.15, -0.1) is 0 Å². The molecule has 0 aliphatic carbocycles. The zero-order chi connectivity index (χ0) is 33.8. The molecule has 3 saturated heterocycles. The lowest BCUT2D eigenvalue weighted by Gasteiger charge is -2.41. The van der Waals surface area contributed by atoms with E-state index in [1.54, 1.807) is 0 Å². The second-order valence-corrected chi connectivity index (χ2v) is 11.0. The smallest absolute Gasteiger partial charge is 0.222 e. The quantitative estimate of drug-likeness (QED) is 0.0770. The van der Waals surface area contributed by atoms with Crippen LogP contribution in [-0.4, -0.2) is 226 Å². The third kappa shape index (κ3) is 8.25. The van der Waals surface area contributed by atoms with Crippen LogP contribution >= 0.6 is 0 Å². The number of aliphatic hydroxyl groups is 15. The second-order valence-electron chi connectivity index (χ2n) is 11.0. The normalized spacial score (nSPS) is 45.3. The van der Waals surface area contributed by atoms with Crippen molar-refractivity contribution in [1.29, 1.82) is 0 Å². The molecule has 15 N–H and O–H groups in total. The van der Waals surface area contributed by atoms with Gasteiger partial charge >= 0.3 is 0 Å². The topological polar surface area (TPSA) is 359 Å². The molecule has 21 heteroatoms. The Labute approximate surface area is 255 Å². The molecular weight excluding hydrogens is 624 g/mol. The molecule has 45 heavy (non-hydrogen) atoms. The summed E-state index contributed by atoms with van der Waals surface area (Å²) < 4.78 is 31.7. The van der Waals surface area contributed by atoms with E-state index in [-0.39, 0.29) is 0 Å². The van der Waals surface area contributed by atoms with E-state index < -0.39 is 150 Å². The van der Waals surface area contributed by atoms with E-state index in [2.05, 4.69) is 0 Å². The van der Waals surface area contributed by atoms with E-state index in [9.17, 15) is 76.6 Å². The molecule has 3 rings (SSSR count). The minimum absolute atomic E-state index is 0.725. The molecule has 21 nitrogen and oxygen atoms in total. The molecule has 0 spiro atoms. The maximum Gasteiger partial charge on any atom is 0.222 e. The third-order valence-electron chi connectivity index (χ3n) is 7.91. The predicted octanol–water partition coefficient (Wildman–Crippen LogP) is -10.1. The Morgan fingerprint density at radius 2 is 1.11 bits per heavy atom. The van der Waals surface area contributed by atoms with Gasteiger partial charge in [-0.2, -0.15) is 0 Å².